The van der Waals surface area contributed by atoms with Crippen LogP contribution in [0.2, 0.25) is 0 Å². The van der Waals surface area contributed by atoms with Gasteiger partial charge in [-0.25, -0.2) is 4.79 Å². The molecule has 1 rings (SSSR count). The molecule has 72 valence electrons. The SMILES string of the molecule is COC(=O)C1(OC(C)=O)CC(=O)N1. The zero-order chi connectivity index (χ0) is 10.1. The molecular formula is C7H9NO5. The Bertz CT molecular complexity index is 264. The molecule has 0 bridgehead atoms. The first-order valence-electron chi connectivity index (χ1n) is 3.59. The van der Waals surface area contributed by atoms with Crippen molar-refractivity contribution in [3.05, 3.63) is 0 Å². The van der Waals surface area contributed by atoms with Gasteiger partial charge >= 0.3 is 11.9 Å². The summed E-state index contributed by atoms with van der Waals surface area (Å²) < 4.78 is 9.03. The van der Waals surface area contributed by atoms with Gasteiger partial charge in [0.2, 0.25) is 5.91 Å². The first-order chi connectivity index (χ1) is 6.00. The second-order valence-corrected chi connectivity index (χ2v) is 2.64. The van der Waals surface area contributed by atoms with Crippen LogP contribution in [0, 0.1) is 0 Å². The Morgan fingerprint density at radius 2 is 2.08 bits per heavy atom. The fourth-order valence-electron chi connectivity index (χ4n) is 1.07. The van der Waals surface area contributed by atoms with E-state index in [9.17, 15) is 14.4 Å². The average molecular weight is 187 g/mol. The fourth-order valence-corrected chi connectivity index (χ4v) is 1.07. The van der Waals surface area contributed by atoms with E-state index in [2.05, 4.69) is 14.8 Å². The number of nitrogens with one attached hydrogen (secondary N) is 1. The van der Waals surface area contributed by atoms with Gasteiger partial charge in [0.15, 0.2) is 0 Å². The van der Waals surface area contributed by atoms with Gasteiger partial charge in [0.25, 0.3) is 5.72 Å². The third-order valence-electron chi connectivity index (χ3n) is 1.58. The number of esters is 2. The summed E-state index contributed by atoms with van der Waals surface area (Å²) in [5, 5.41) is 2.18. The van der Waals surface area contributed by atoms with E-state index in [4.69, 9.17) is 0 Å². The van der Waals surface area contributed by atoms with Crippen molar-refractivity contribution < 1.29 is 23.9 Å². The highest BCUT2D eigenvalue weighted by Crippen LogP contribution is 2.23. The largest absolute Gasteiger partial charge is 0.465 e. The van der Waals surface area contributed by atoms with Crippen LogP contribution in [-0.2, 0) is 23.9 Å². The molecule has 1 atom stereocenters. The highest BCUT2D eigenvalue weighted by Gasteiger charge is 2.54. The molecule has 1 unspecified atom stereocenters. The number of hydrogen-bond acceptors (Lipinski definition) is 5. The third-order valence-corrected chi connectivity index (χ3v) is 1.58. The minimum absolute atomic E-state index is 0.181. The van der Waals surface area contributed by atoms with Gasteiger partial charge in [0, 0.05) is 6.92 Å². The third kappa shape index (κ3) is 1.61. The van der Waals surface area contributed by atoms with Crippen molar-refractivity contribution in [1.82, 2.24) is 5.32 Å². The van der Waals surface area contributed by atoms with Crippen LogP contribution in [0.5, 0.6) is 0 Å². The fraction of sp³-hybridized carbons (Fsp3) is 0.571. The molecule has 13 heavy (non-hydrogen) atoms. The van der Waals surface area contributed by atoms with Crippen molar-refractivity contribution >= 4 is 17.8 Å². The maximum Gasteiger partial charge on any atom is 0.372 e. The molecule has 0 aliphatic carbocycles. The van der Waals surface area contributed by atoms with Gasteiger partial charge in [-0.05, 0) is 0 Å². The van der Waals surface area contributed by atoms with Gasteiger partial charge < -0.3 is 14.8 Å². The van der Waals surface area contributed by atoms with Crippen LogP contribution in [0.15, 0.2) is 0 Å². The molecule has 1 N–H and O–H groups in total. The number of amides is 1. The van der Waals surface area contributed by atoms with Gasteiger partial charge in [-0.15, -0.1) is 0 Å². The van der Waals surface area contributed by atoms with Gasteiger partial charge in [-0.3, -0.25) is 9.59 Å². The highest BCUT2D eigenvalue weighted by atomic mass is 16.6. The second kappa shape index (κ2) is 3.04. The summed E-state index contributed by atoms with van der Waals surface area (Å²) >= 11 is 0. The maximum absolute atomic E-state index is 11.1. The lowest BCUT2D eigenvalue weighted by atomic mass is 10.0. The molecule has 1 aliphatic rings. The summed E-state index contributed by atoms with van der Waals surface area (Å²) in [4.78, 5) is 32.3. The van der Waals surface area contributed by atoms with Crippen molar-refractivity contribution in [1.29, 1.82) is 0 Å². The quantitative estimate of drug-likeness (QED) is 0.440. The number of rotatable bonds is 2. The zero-order valence-corrected chi connectivity index (χ0v) is 7.25. The molecule has 1 aliphatic heterocycles. The first kappa shape index (κ1) is 9.50. The molecule has 1 fully saturated rings. The Morgan fingerprint density at radius 1 is 1.54 bits per heavy atom. The lowest BCUT2D eigenvalue weighted by Crippen LogP contribution is -2.68. The number of β-lactam (4-membered cyclic amide) rings is 1. The Hall–Kier alpha value is -1.59. The van der Waals surface area contributed by atoms with E-state index in [1.54, 1.807) is 0 Å². The lowest BCUT2D eigenvalue weighted by molar-refractivity contribution is -0.197. The summed E-state index contributed by atoms with van der Waals surface area (Å²) in [7, 11) is 1.15. The normalized spacial score (nSPS) is 25.5. The number of methoxy groups -OCH3 is 1. The predicted molar refractivity (Wildman–Crippen MR) is 39.3 cm³/mol. The summed E-state index contributed by atoms with van der Waals surface area (Å²) in [6.07, 6.45) is -0.181. The van der Waals surface area contributed by atoms with Crippen molar-refractivity contribution in [2.75, 3.05) is 7.11 Å². The van der Waals surface area contributed by atoms with Crippen LogP contribution >= 0.6 is 0 Å². The molecule has 0 aromatic rings. The molecule has 0 aromatic heterocycles. The predicted octanol–water partition coefficient (Wildman–Crippen LogP) is -1.06. The monoisotopic (exact) mass is 187 g/mol. The number of carbonyl (C=O) groups excluding carboxylic acids is 3. The molecular weight excluding hydrogens is 178 g/mol. The molecule has 6 heteroatoms. The molecule has 1 saturated heterocycles. The lowest BCUT2D eigenvalue weighted by Gasteiger charge is -2.37. The van der Waals surface area contributed by atoms with Crippen molar-refractivity contribution in [3.63, 3.8) is 0 Å². The van der Waals surface area contributed by atoms with Crippen LogP contribution < -0.4 is 5.32 Å². The summed E-state index contributed by atoms with van der Waals surface area (Å²) in [5.41, 5.74) is -1.59. The molecule has 0 aromatic carbocycles. The molecule has 1 heterocycles. The zero-order valence-electron chi connectivity index (χ0n) is 7.25. The minimum atomic E-state index is -1.59. The second-order valence-electron chi connectivity index (χ2n) is 2.64. The first-order valence-corrected chi connectivity index (χ1v) is 3.59. The van der Waals surface area contributed by atoms with E-state index >= 15 is 0 Å². The van der Waals surface area contributed by atoms with Gasteiger partial charge in [0.05, 0.1) is 13.5 Å². The van der Waals surface area contributed by atoms with Gasteiger partial charge in [-0.1, -0.05) is 0 Å². The Morgan fingerprint density at radius 3 is 2.38 bits per heavy atom. The summed E-state index contributed by atoms with van der Waals surface area (Å²) in [6.45, 7) is 1.15. The molecule has 6 nitrogen and oxygen atoms in total. The van der Waals surface area contributed by atoms with Crippen LogP contribution in [0.1, 0.15) is 13.3 Å². The summed E-state index contributed by atoms with van der Waals surface area (Å²) in [5.74, 6) is -1.78. The Balaban J connectivity index is 2.72. The van der Waals surface area contributed by atoms with E-state index in [0.717, 1.165) is 14.0 Å². The molecule has 0 radical (unpaired) electrons. The van der Waals surface area contributed by atoms with Gasteiger partial charge in [0.1, 0.15) is 0 Å². The van der Waals surface area contributed by atoms with E-state index in [0.29, 0.717) is 0 Å². The van der Waals surface area contributed by atoms with Crippen LogP contribution in [-0.4, -0.2) is 30.7 Å². The van der Waals surface area contributed by atoms with Crippen molar-refractivity contribution in [2.24, 2.45) is 0 Å². The molecule has 0 saturated carbocycles. The Kier molecular flexibility index (Phi) is 2.22. The maximum atomic E-state index is 11.1. The van der Waals surface area contributed by atoms with Crippen LogP contribution in [0.4, 0.5) is 0 Å². The smallest absolute Gasteiger partial charge is 0.372 e. The van der Waals surface area contributed by atoms with Crippen LogP contribution in [0.25, 0.3) is 0 Å². The number of carbonyl (C=O) groups is 3. The van der Waals surface area contributed by atoms with Gasteiger partial charge in [-0.2, -0.15) is 0 Å². The summed E-state index contributed by atoms with van der Waals surface area (Å²) in [6, 6.07) is 0. The van der Waals surface area contributed by atoms with E-state index in [-0.39, 0.29) is 12.3 Å². The van der Waals surface area contributed by atoms with E-state index in [1.807, 2.05) is 0 Å². The van der Waals surface area contributed by atoms with E-state index < -0.39 is 17.7 Å². The molecule has 1 amide bonds. The molecule has 0 spiro atoms. The van der Waals surface area contributed by atoms with E-state index in [1.165, 1.54) is 0 Å². The topological polar surface area (TPSA) is 81.7 Å². The number of ether oxygens (including phenoxy) is 2. The van der Waals surface area contributed by atoms with Crippen molar-refractivity contribution in [2.45, 2.75) is 19.1 Å². The average Bonchev–Trinajstić information content (AvgIpc) is 1.98. The Labute approximate surface area is 74.2 Å². The van der Waals surface area contributed by atoms with Crippen LogP contribution in [0.3, 0.4) is 0 Å². The minimum Gasteiger partial charge on any atom is -0.465 e. The number of hydrogen-bond donors (Lipinski definition) is 1. The standard InChI is InChI=1S/C7H9NO5/c1-4(9)13-7(6(11)12-2)3-5(10)8-7/h3H2,1-2H3,(H,8,10). The highest BCUT2D eigenvalue weighted by molar-refractivity contribution is 5.98. The van der Waals surface area contributed by atoms with Crippen molar-refractivity contribution in [3.8, 4) is 0 Å².